The lowest BCUT2D eigenvalue weighted by molar-refractivity contribution is -0.0529. The van der Waals surface area contributed by atoms with Crippen molar-refractivity contribution in [2.24, 2.45) is 40.4 Å². The lowest BCUT2D eigenvalue weighted by Crippen LogP contribution is -2.50. The number of allylic oxidation sites excluding steroid dienone is 2. The van der Waals surface area contributed by atoms with Crippen LogP contribution in [0.1, 0.15) is 78.6 Å². The lowest BCUT2D eigenvalue weighted by Gasteiger charge is -2.58. The molecule has 0 nitrogen and oxygen atoms in total. The van der Waals surface area contributed by atoms with E-state index in [2.05, 4.69) is 32.9 Å². The molecule has 0 radical (unpaired) electrons. The van der Waals surface area contributed by atoms with E-state index in [0.29, 0.717) is 10.8 Å². The Kier molecular flexibility index (Phi) is 3.32. The minimum atomic E-state index is 0.535. The van der Waals surface area contributed by atoms with Gasteiger partial charge in [-0.15, -0.1) is 0 Å². The molecule has 4 rings (SSSR count). The number of rotatable bonds is 1. The topological polar surface area (TPSA) is 0 Å². The number of hydrogen-bond acceptors (Lipinski definition) is 0. The SMILES string of the molecule is CCC1CCC2C3CCC4CCCCC4(C)C3C=CC12C. The highest BCUT2D eigenvalue weighted by Crippen LogP contribution is 2.65. The third-order valence-corrected chi connectivity index (χ3v) is 8.70. The largest absolute Gasteiger partial charge is 0.0840 e. The van der Waals surface area contributed by atoms with E-state index in [1.807, 2.05) is 0 Å². The van der Waals surface area contributed by atoms with Gasteiger partial charge in [-0.1, -0.05) is 52.2 Å². The molecular weight excluding hydrogens is 252 g/mol. The Morgan fingerprint density at radius 2 is 1.86 bits per heavy atom. The fourth-order valence-corrected chi connectivity index (χ4v) is 7.42. The summed E-state index contributed by atoms with van der Waals surface area (Å²) < 4.78 is 0. The smallest absolute Gasteiger partial charge is 0.00872 e. The van der Waals surface area contributed by atoms with Crippen LogP contribution in [-0.4, -0.2) is 0 Å². The second-order valence-electron chi connectivity index (χ2n) is 9.23. The fraction of sp³-hybridized carbons (Fsp3) is 0.905. The lowest BCUT2D eigenvalue weighted by atomic mass is 9.47. The summed E-state index contributed by atoms with van der Waals surface area (Å²) in [6.45, 7) is 7.67. The second-order valence-corrected chi connectivity index (χ2v) is 9.23. The summed E-state index contributed by atoms with van der Waals surface area (Å²) >= 11 is 0. The van der Waals surface area contributed by atoms with Crippen molar-refractivity contribution >= 4 is 0 Å². The minimum Gasteiger partial charge on any atom is -0.0840 e. The van der Waals surface area contributed by atoms with Crippen molar-refractivity contribution < 1.29 is 0 Å². The Balaban J connectivity index is 1.69. The van der Waals surface area contributed by atoms with Gasteiger partial charge in [0.1, 0.15) is 0 Å². The summed E-state index contributed by atoms with van der Waals surface area (Å²) in [5.74, 6) is 4.90. The quantitative estimate of drug-likeness (QED) is 0.502. The molecule has 118 valence electrons. The summed E-state index contributed by atoms with van der Waals surface area (Å²) in [6, 6.07) is 0. The molecule has 0 spiro atoms. The molecule has 0 aliphatic heterocycles. The summed E-state index contributed by atoms with van der Waals surface area (Å²) in [5, 5.41) is 0. The van der Waals surface area contributed by atoms with Crippen molar-refractivity contribution in [3.63, 3.8) is 0 Å². The molecule has 7 atom stereocenters. The van der Waals surface area contributed by atoms with E-state index in [9.17, 15) is 0 Å². The zero-order valence-electron chi connectivity index (χ0n) is 14.4. The highest BCUT2D eigenvalue weighted by atomic mass is 14.6. The van der Waals surface area contributed by atoms with E-state index in [4.69, 9.17) is 0 Å². The molecule has 4 aliphatic carbocycles. The van der Waals surface area contributed by atoms with E-state index in [0.717, 1.165) is 29.6 Å². The standard InChI is InChI=1S/C21H34/c1-4-15-9-11-18-17-10-8-16-7-5-6-13-20(16,2)19(17)12-14-21(15,18)3/h12,14-19H,4-11,13H2,1-3H3. The van der Waals surface area contributed by atoms with Gasteiger partial charge in [0.2, 0.25) is 0 Å². The molecule has 0 aromatic heterocycles. The molecular formula is C21H34. The van der Waals surface area contributed by atoms with E-state index in [1.54, 1.807) is 0 Å². The molecule has 3 saturated carbocycles. The van der Waals surface area contributed by atoms with Gasteiger partial charge in [-0.2, -0.15) is 0 Å². The zero-order chi connectivity index (χ0) is 14.7. The number of fused-ring (bicyclic) bond motifs is 5. The van der Waals surface area contributed by atoms with Crippen molar-refractivity contribution in [3.05, 3.63) is 12.2 Å². The van der Waals surface area contributed by atoms with Crippen molar-refractivity contribution in [2.45, 2.75) is 78.6 Å². The summed E-state index contributed by atoms with van der Waals surface area (Å²) in [7, 11) is 0. The Labute approximate surface area is 131 Å². The van der Waals surface area contributed by atoms with Gasteiger partial charge in [-0.25, -0.2) is 0 Å². The van der Waals surface area contributed by atoms with Crippen LogP contribution in [0.3, 0.4) is 0 Å². The maximum absolute atomic E-state index is 2.73. The Morgan fingerprint density at radius 1 is 1.00 bits per heavy atom. The highest BCUT2D eigenvalue weighted by Gasteiger charge is 2.57. The van der Waals surface area contributed by atoms with Crippen LogP contribution in [0.15, 0.2) is 12.2 Å². The maximum atomic E-state index is 2.73. The summed E-state index contributed by atoms with van der Waals surface area (Å²) in [5.41, 5.74) is 1.18. The fourth-order valence-electron chi connectivity index (χ4n) is 7.42. The third-order valence-electron chi connectivity index (χ3n) is 8.70. The Hall–Kier alpha value is -0.260. The molecule has 0 heterocycles. The monoisotopic (exact) mass is 286 g/mol. The molecule has 0 saturated heterocycles. The Morgan fingerprint density at radius 3 is 2.67 bits per heavy atom. The summed E-state index contributed by atoms with van der Waals surface area (Å²) in [4.78, 5) is 0. The third kappa shape index (κ3) is 1.86. The first-order chi connectivity index (χ1) is 10.1. The predicted octanol–water partition coefficient (Wildman–Crippen LogP) is 6.22. The molecule has 7 unspecified atom stereocenters. The summed E-state index contributed by atoms with van der Waals surface area (Å²) in [6.07, 6.45) is 18.9. The number of hydrogen-bond donors (Lipinski definition) is 0. The second kappa shape index (κ2) is 4.87. The molecule has 21 heavy (non-hydrogen) atoms. The van der Waals surface area contributed by atoms with E-state index < -0.39 is 0 Å². The molecule has 0 amide bonds. The van der Waals surface area contributed by atoms with Crippen molar-refractivity contribution in [1.29, 1.82) is 0 Å². The molecule has 3 fully saturated rings. The first kappa shape index (κ1) is 14.3. The molecule has 0 bridgehead atoms. The van der Waals surface area contributed by atoms with Crippen LogP contribution >= 0.6 is 0 Å². The van der Waals surface area contributed by atoms with Gasteiger partial charge < -0.3 is 0 Å². The van der Waals surface area contributed by atoms with E-state index in [-0.39, 0.29) is 0 Å². The van der Waals surface area contributed by atoms with Crippen LogP contribution in [-0.2, 0) is 0 Å². The van der Waals surface area contributed by atoms with Crippen molar-refractivity contribution in [1.82, 2.24) is 0 Å². The van der Waals surface area contributed by atoms with Gasteiger partial charge in [0.15, 0.2) is 0 Å². The van der Waals surface area contributed by atoms with E-state index >= 15 is 0 Å². The van der Waals surface area contributed by atoms with Gasteiger partial charge in [0.05, 0.1) is 0 Å². The highest BCUT2D eigenvalue weighted by molar-refractivity contribution is 5.20. The van der Waals surface area contributed by atoms with Gasteiger partial charge >= 0.3 is 0 Å². The average molecular weight is 287 g/mol. The van der Waals surface area contributed by atoms with Gasteiger partial charge in [-0.3, -0.25) is 0 Å². The first-order valence-corrected chi connectivity index (χ1v) is 9.79. The van der Waals surface area contributed by atoms with Crippen LogP contribution < -0.4 is 0 Å². The molecule has 0 N–H and O–H groups in total. The zero-order valence-corrected chi connectivity index (χ0v) is 14.4. The first-order valence-electron chi connectivity index (χ1n) is 9.79. The van der Waals surface area contributed by atoms with Gasteiger partial charge in [-0.05, 0) is 78.9 Å². The predicted molar refractivity (Wildman–Crippen MR) is 90.0 cm³/mol. The maximum Gasteiger partial charge on any atom is -0.00872 e. The van der Waals surface area contributed by atoms with Crippen LogP contribution in [0.5, 0.6) is 0 Å². The minimum absolute atomic E-state index is 0.535. The van der Waals surface area contributed by atoms with Crippen LogP contribution in [0.2, 0.25) is 0 Å². The van der Waals surface area contributed by atoms with E-state index in [1.165, 1.54) is 57.8 Å². The average Bonchev–Trinajstić information content (AvgIpc) is 2.83. The molecule has 0 aromatic carbocycles. The Bertz CT molecular complexity index is 435. The van der Waals surface area contributed by atoms with Crippen LogP contribution in [0.4, 0.5) is 0 Å². The van der Waals surface area contributed by atoms with Crippen molar-refractivity contribution in [2.75, 3.05) is 0 Å². The molecule has 4 aliphatic rings. The van der Waals surface area contributed by atoms with Gasteiger partial charge in [0.25, 0.3) is 0 Å². The normalized spacial score (nSPS) is 55.7. The molecule has 0 aromatic rings. The van der Waals surface area contributed by atoms with Crippen LogP contribution in [0.25, 0.3) is 0 Å². The van der Waals surface area contributed by atoms with Crippen LogP contribution in [0, 0.1) is 40.4 Å². The molecule has 0 heteroatoms. The van der Waals surface area contributed by atoms with Gasteiger partial charge in [0, 0.05) is 0 Å². The van der Waals surface area contributed by atoms with Crippen molar-refractivity contribution in [3.8, 4) is 0 Å².